The molecule has 0 unspecified atom stereocenters. The van der Waals surface area contributed by atoms with Gasteiger partial charge in [-0.3, -0.25) is 4.79 Å². The molecule has 90 valence electrons. The van der Waals surface area contributed by atoms with Crippen LogP contribution < -0.4 is 5.32 Å². The first-order chi connectivity index (χ1) is 8.15. The van der Waals surface area contributed by atoms with Crippen LogP contribution in [-0.2, 0) is 6.42 Å². The second-order valence-corrected chi connectivity index (χ2v) is 4.84. The van der Waals surface area contributed by atoms with Gasteiger partial charge in [0.15, 0.2) is 5.82 Å². The fraction of sp³-hybridized carbons (Fsp3) is 0.300. The topological polar surface area (TPSA) is 68.0 Å². The van der Waals surface area contributed by atoms with Crippen LogP contribution >= 0.6 is 24.0 Å². The van der Waals surface area contributed by atoms with E-state index in [0.29, 0.717) is 29.6 Å². The van der Waals surface area contributed by atoms with Crippen LogP contribution in [0.3, 0.4) is 0 Å². The summed E-state index contributed by atoms with van der Waals surface area (Å²) in [5, 5.41) is 8.27. The normalized spacial score (nSPS) is 10.5. The van der Waals surface area contributed by atoms with E-state index in [1.807, 2.05) is 5.38 Å². The molecule has 0 aromatic carbocycles. The van der Waals surface area contributed by atoms with Crippen molar-refractivity contribution in [3.63, 3.8) is 0 Å². The van der Waals surface area contributed by atoms with Gasteiger partial charge in [0.2, 0.25) is 5.89 Å². The average Bonchev–Trinajstić information content (AvgIpc) is 2.88. The Morgan fingerprint density at radius 1 is 1.65 bits per heavy atom. The summed E-state index contributed by atoms with van der Waals surface area (Å²) < 4.78 is 4.93. The molecule has 0 saturated heterocycles. The van der Waals surface area contributed by atoms with Gasteiger partial charge in [-0.1, -0.05) is 5.16 Å². The Bertz CT molecular complexity index is 521. The number of aryl methyl sites for hydroxylation is 1. The van der Waals surface area contributed by atoms with Crippen molar-refractivity contribution in [2.24, 2.45) is 0 Å². The minimum Gasteiger partial charge on any atom is -0.351 e. The minimum atomic E-state index is -0.105. The summed E-state index contributed by atoms with van der Waals surface area (Å²) in [5.74, 6) is 1.03. The van der Waals surface area contributed by atoms with E-state index in [2.05, 4.69) is 28.1 Å². The Labute approximate surface area is 108 Å². The van der Waals surface area contributed by atoms with E-state index in [-0.39, 0.29) is 5.91 Å². The van der Waals surface area contributed by atoms with E-state index in [1.165, 1.54) is 11.3 Å². The zero-order valence-corrected chi connectivity index (χ0v) is 10.8. The number of amides is 1. The van der Waals surface area contributed by atoms with Gasteiger partial charge >= 0.3 is 0 Å². The molecular weight excluding hydrogens is 258 g/mol. The predicted octanol–water partition coefficient (Wildman–Crippen LogP) is 1.70. The standard InChI is InChI=1S/C10H11N3O2S2/c1-6-12-9(15-13-6)2-3-11-10(14)8-4-7(16)5-17-8/h4-5,16H,2-3H2,1H3,(H,11,14). The second kappa shape index (κ2) is 5.33. The summed E-state index contributed by atoms with van der Waals surface area (Å²) >= 11 is 5.52. The van der Waals surface area contributed by atoms with Crippen molar-refractivity contribution in [1.82, 2.24) is 15.5 Å². The highest BCUT2D eigenvalue weighted by Crippen LogP contribution is 2.17. The molecule has 0 aliphatic carbocycles. The van der Waals surface area contributed by atoms with Gasteiger partial charge in [-0.25, -0.2) is 0 Å². The van der Waals surface area contributed by atoms with Gasteiger partial charge in [0.1, 0.15) is 0 Å². The fourth-order valence-corrected chi connectivity index (χ4v) is 2.32. The molecule has 0 fully saturated rings. The third-order valence-corrected chi connectivity index (χ3v) is 3.37. The van der Waals surface area contributed by atoms with E-state index in [1.54, 1.807) is 13.0 Å². The molecule has 0 spiro atoms. The van der Waals surface area contributed by atoms with Crippen molar-refractivity contribution >= 4 is 29.9 Å². The number of carbonyl (C=O) groups excluding carboxylic acids is 1. The number of carbonyl (C=O) groups is 1. The lowest BCUT2D eigenvalue weighted by molar-refractivity contribution is 0.0957. The molecule has 17 heavy (non-hydrogen) atoms. The van der Waals surface area contributed by atoms with Crippen LogP contribution in [0.15, 0.2) is 20.9 Å². The first-order valence-corrected chi connectivity index (χ1v) is 6.33. The summed E-state index contributed by atoms with van der Waals surface area (Å²) in [6.07, 6.45) is 0.533. The molecule has 0 radical (unpaired) electrons. The molecule has 2 aromatic rings. The van der Waals surface area contributed by atoms with Crippen LogP contribution in [0.1, 0.15) is 21.4 Å². The Morgan fingerprint density at radius 3 is 3.06 bits per heavy atom. The fourth-order valence-electron chi connectivity index (χ4n) is 1.26. The number of aromatic nitrogens is 2. The highest BCUT2D eigenvalue weighted by Gasteiger charge is 2.08. The molecule has 2 heterocycles. The third kappa shape index (κ3) is 3.31. The maximum atomic E-state index is 11.7. The lowest BCUT2D eigenvalue weighted by Crippen LogP contribution is -2.24. The monoisotopic (exact) mass is 269 g/mol. The molecule has 7 heteroatoms. The first-order valence-electron chi connectivity index (χ1n) is 5.00. The van der Waals surface area contributed by atoms with Gasteiger partial charge in [0, 0.05) is 23.2 Å². The molecule has 2 rings (SSSR count). The van der Waals surface area contributed by atoms with Crippen molar-refractivity contribution < 1.29 is 9.32 Å². The van der Waals surface area contributed by atoms with Crippen LogP contribution in [0.2, 0.25) is 0 Å². The number of nitrogens with one attached hydrogen (secondary N) is 1. The summed E-state index contributed by atoms with van der Waals surface area (Å²) in [5.41, 5.74) is 0. The number of rotatable bonds is 4. The van der Waals surface area contributed by atoms with Gasteiger partial charge in [0.05, 0.1) is 4.88 Å². The minimum absolute atomic E-state index is 0.105. The first kappa shape index (κ1) is 12.1. The molecule has 1 amide bonds. The maximum Gasteiger partial charge on any atom is 0.261 e. The largest absolute Gasteiger partial charge is 0.351 e. The molecule has 0 aliphatic heterocycles. The zero-order valence-electron chi connectivity index (χ0n) is 9.14. The Kier molecular flexibility index (Phi) is 3.80. The molecular formula is C10H11N3O2S2. The number of nitrogens with zero attached hydrogens (tertiary/aromatic N) is 2. The molecule has 0 saturated carbocycles. The maximum absolute atomic E-state index is 11.7. The third-order valence-electron chi connectivity index (χ3n) is 2.00. The van der Waals surface area contributed by atoms with Crippen molar-refractivity contribution in [2.75, 3.05) is 6.54 Å². The molecule has 0 atom stereocenters. The average molecular weight is 269 g/mol. The van der Waals surface area contributed by atoms with Crippen molar-refractivity contribution in [3.05, 3.63) is 28.0 Å². The molecule has 1 N–H and O–H groups in total. The molecule has 0 bridgehead atoms. The van der Waals surface area contributed by atoms with Crippen LogP contribution in [-0.4, -0.2) is 22.6 Å². The van der Waals surface area contributed by atoms with E-state index < -0.39 is 0 Å². The number of hydrogen-bond donors (Lipinski definition) is 2. The SMILES string of the molecule is Cc1noc(CCNC(=O)c2cc(S)cs2)n1. The summed E-state index contributed by atoms with van der Waals surface area (Å²) in [6, 6.07) is 1.74. The van der Waals surface area contributed by atoms with Gasteiger partial charge in [-0.15, -0.1) is 24.0 Å². The summed E-state index contributed by atoms with van der Waals surface area (Å²) in [6.45, 7) is 2.23. The van der Waals surface area contributed by atoms with E-state index in [0.717, 1.165) is 4.90 Å². The molecule has 5 nitrogen and oxygen atoms in total. The second-order valence-electron chi connectivity index (χ2n) is 3.41. The van der Waals surface area contributed by atoms with E-state index >= 15 is 0 Å². The van der Waals surface area contributed by atoms with Crippen molar-refractivity contribution in [1.29, 1.82) is 0 Å². The van der Waals surface area contributed by atoms with Gasteiger partial charge in [-0.05, 0) is 13.0 Å². The van der Waals surface area contributed by atoms with Crippen molar-refractivity contribution in [3.8, 4) is 0 Å². The van der Waals surface area contributed by atoms with Gasteiger partial charge in [0.25, 0.3) is 5.91 Å². The Morgan fingerprint density at radius 2 is 2.47 bits per heavy atom. The van der Waals surface area contributed by atoms with Crippen LogP contribution in [0.5, 0.6) is 0 Å². The number of hydrogen-bond acceptors (Lipinski definition) is 6. The van der Waals surface area contributed by atoms with E-state index in [4.69, 9.17) is 4.52 Å². The Balaban J connectivity index is 1.81. The molecule has 2 aromatic heterocycles. The highest BCUT2D eigenvalue weighted by atomic mass is 32.1. The van der Waals surface area contributed by atoms with Crippen LogP contribution in [0, 0.1) is 6.92 Å². The van der Waals surface area contributed by atoms with Crippen LogP contribution in [0.4, 0.5) is 0 Å². The van der Waals surface area contributed by atoms with Crippen molar-refractivity contribution in [2.45, 2.75) is 18.2 Å². The zero-order chi connectivity index (χ0) is 12.3. The lowest BCUT2D eigenvalue weighted by atomic mass is 10.4. The summed E-state index contributed by atoms with van der Waals surface area (Å²) in [7, 11) is 0. The predicted molar refractivity (Wildman–Crippen MR) is 66.6 cm³/mol. The van der Waals surface area contributed by atoms with E-state index in [9.17, 15) is 4.79 Å². The lowest BCUT2D eigenvalue weighted by Gasteiger charge is -2.00. The molecule has 0 aliphatic rings. The smallest absolute Gasteiger partial charge is 0.261 e. The quantitative estimate of drug-likeness (QED) is 0.829. The van der Waals surface area contributed by atoms with Gasteiger partial charge in [-0.2, -0.15) is 4.98 Å². The summed E-state index contributed by atoms with van der Waals surface area (Å²) in [4.78, 5) is 17.1. The number of thiol groups is 1. The highest BCUT2D eigenvalue weighted by molar-refractivity contribution is 7.80. The number of thiophene rings is 1. The Hall–Kier alpha value is -1.34. The van der Waals surface area contributed by atoms with Crippen LogP contribution in [0.25, 0.3) is 0 Å². The van der Waals surface area contributed by atoms with Gasteiger partial charge < -0.3 is 9.84 Å².